The SMILES string of the molecule is O=C(NN1C(=O)c2ccc(C(=O)c3cccc([N+](=O)[O-])c3)cc2C1=O)c1ccncc1. The summed E-state index contributed by atoms with van der Waals surface area (Å²) < 4.78 is 0. The Hall–Kier alpha value is -4.73. The molecule has 2 heterocycles. The van der Waals surface area contributed by atoms with Gasteiger partial charge in [-0.2, -0.15) is 5.01 Å². The lowest BCUT2D eigenvalue weighted by Crippen LogP contribution is -2.45. The molecule has 1 aromatic heterocycles. The van der Waals surface area contributed by atoms with Crippen molar-refractivity contribution in [2.45, 2.75) is 0 Å². The molecule has 0 atom stereocenters. The maximum atomic E-state index is 12.7. The summed E-state index contributed by atoms with van der Waals surface area (Å²) in [5, 5.41) is 11.5. The first kappa shape index (κ1) is 19.6. The van der Waals surface area contributed by atoms with Crippen LogP contribution in [0, 0.1) is 10.1 Å². The van der Waals surface area contributed by atoms with Crippen LogP contribution in [0.3, 0.4) is 0 Å². The second-order valence-electron chi connectivity index (χ2n) is 6.52. The van der Waals surface area contributed by atoms with E-state index in [2.05, 4.69) is 10.4 Å². The van der Waals surface area contributed by atoms with E-state index in [1.54, 1.807) is 0 Å². The molecule has 0 fully saturated rings. The van der Waals surface area contributed by atoms with E-state index in [-0.39, 0.29) is 33.5 Å². The maximum Gasteiger partial charge on any atom is 0.280 e. The summed E-state index contributed by atoms with van der Waals surface area (Å²) in [6, 6.07) is 11.9. The number of aromatic nitrogens is 1. The third-order valence-electron chi connectivity index (χ3n) is 4.62. The Kier molecular flexibility index (Phi) is 4.80. The summed E-state index contributed by atoms with van der Waals surface area (Å²) in [4.78, 5) is 64.4. The number of hydrogen-bond acceptors (Lipinski definition) is 7. The van der Waals surface area contributed by atoms with Crippen LogP contribution in [0.5, 0.6) is 0 Å². The summed E-state index contributed by atoms with van der Waals surface area (Å²) in [6.45, 7) is 0. The lowest BCUT2D eigenvalue weighted by atomic mass is 9.99. The second kappa shape index (κ2) is 7.59. The fourth-order valence-corrected chi connectivity index (χ4v) is 3.08. The van der Waals surface area contributed by atoms with E-state index in [0.717, 1.165) is 6.07 Å². The molecule has 10 nitrogen and oxygen atoms in total. The fourth-order valence-electron chi connectivity index (χ4n) is 3.08. The topological polar surface area (TPSA) is 140 Å². The van der Waals surface area contributed by atoms with Crippen molar-refractivity contribution in [2.75, 3.05) is 0 Å². The number of hydrogen-bond donors (Lipinski definition) is 1. The minimum atomic E-state index is -0.795. The number of nitro benzene ring substituents is 1. The molecule has 2 aromatic carbocycles. The number of carbonyl (C=O) groups excluding carboxylic acids is 4. The number of nitrogens with zero attached hydrogens (tertiary/aromatic N) is 3. The van der Waals surface area contributed by atoms with Crippen LogP contribution < -0.4 is 5.43 Å². The molecule has 1 aliphatic rings. The fraction of sp³-hybridized carbons (Fsp3) is 0. The molecule has 0 saturated carbocycles. The van der Waals surface area contributed by atoms with Crippen molar-refractivity contribution in [2.24, 2.45) is 0 Å². The van der Waals surface area contributed by atoms with Gasteiger partial charge in [0.25, 0.3) is 23.4 Å². The molecular formula is C21H12N4O6. The average molecular weight is 416 g/mol. The van der Waals surface area contributed by atoms with Crippen molar-refractivity contribution in [3.63, 3.8) is 0 Å². The van der Waals surface area contributed by atoms with Crippen molar-refractivity contribution < 1.29 is 24.1 Å². The Bertz CT molecular complexity index is 1270. The molecule has 0 radical (unpaired) electrons. The molecule has 3 aromatic rings. The van der Waals surface area contributed by atoms with Gasteiger partial charge in [0.15, 0.2) is 5.78 Å². The summed E-state index contributed by atoms with van der Waals surface area (Å²) in [5.74, 6) is -2.76. The Morgan fingerprint density at radius 2 is 1.55 bits per heavy atom. The number of amides is 3. The Labute approximate surface area is 174 Å². The predicted octanol–water partition coefficient (Wildman–Crippen LogP) is 2.16. The number of non-ortho nitro benzene ring substituents is 1. The molecule has 1 aliphatic heterocycles. The van der Waals surface area contributed by atoms with Gasteiger partial charge >= 0.3 is 0 Å². The van der Waals surface area contributed by atoms with Gasteiger partial charge in [0, 0.05) is 41.2 Å². The lowest BCUT2D eigenvalue weighted by molar-refractivity contribution is -0.384. The van der Waals surface area contributed by atoms with E-state index < -0.39 is 28.4 Å². The number of pyridine rings is 1. The first-order valence-corrected chi connectivity index (χ1v) is 8.90. The van der Waals surface area contributed by atoms with Gasteiger partial charge in [-0.15, -0.1) is 0 Å². The van der Waals surface area contributed by atoms with Gasteiger partial charge in [-0.05, 0) is 24.3 Å². The monoisotopic (exact) mass is 416 g/mol. The van der Waals surface area contributed by atoms with Crippen LogP contribution in [0.1, 0.15) is 47.0 Å². The van der Waals surface area contributed by atoms with Crippen LogP contribution in [-0.4, -0.2) is 38.4 Å². The molecule has 0 bridgehead atoms. The first-order valence-electron chi connectivity index (χ1n) is 8.90. The highest BCUT2D eigenvalue weighted by Gasteiger charge is 2.37. The Morgan fingerprint density at radius 3 is 2.26 bits per heavy atom. The number of rotatable bonds is 5. The van der Waals surface area contributed by atoms with E-state index in [1.165, 1.54) is 60.9 Å². The molecule has 0 unspecified atom stereocenters. The average Bonchev–Trinajstić information content (AvgIpc) is 3.03. The molecule has 4 rings (SSSR count). The molecule has 0 saturated heterocycles. The van der Waals surface area contributed by atoms with Gasteiger partial charge in [-0.3, -0.25) is 39.7 Å². The summed E-state index contributed by atoms with van der Waals surface area (Å²) in [7, 11) is 0. The van der Waals surface area contributed by atoms with Crippen LogP contribution >= 0.6 is 0 Å². The smallest absolute Gasteiger partial charge is 0.280 e. The second-order valence-corrected chi connectivity index (χ2v) is 6.52. The van der Waals surface area contributed by atoms with Crippen molar-refractivity contribution in [3.05, 3.63) is 105 Å². The molecule has 152 valence electrons. The highest BCUT2D eigenvalue weighted by molar-refractivity contribution is 6.23. The van der Waals surface area contributed by atoms with Crippen LogP contribution in [0.2, 0.25) is 0 Å². The van der Waals surface area contributed by atoms with Crippen molar-refractivity contribution >= 4 is 29.2 Å². The van der Waals surface area contributed by atoms with Gasteiger partial charge in [0.05, 0.1) is 16.1 Å². The van der Waals surface area contributed by atoms with Crippen molar-refractivity contribution in [1.29, 1.82) is 0 Å². The number of nitro groups is 1. The van der Waals surface area contributed by atoms with Crippen LogP contribution in [0.4, 0.5) is 5.69 Å². The summed E-state index contributed by atoms with van der Waals surface area (Å²) >= 11 is 0. The highest BCUT2D eigenvalue weighted by atomic mass is 16.6. The van der Waals surface area contributed by atoms with Crippen molar-refractivity contribution in [3.8, 4) is 0 Å². The predicted molar refractivity (Wildman–Crippen MR) is 105 cm³/mol. The molecular weight excluding hydrogens is 404 g/mol. The maximum absolute atomic E-state index is 12.7. The van der Waals surface area contributed by atoms with Crippen molar-refractivity contribution in [1.82, 2.24) is 15.4 Å². The van der Waals surface area contributed by atoms with E-state index >= 15 is 0 Å². The highest BCUT2D eigenvalue weighted by Crippen LogP contribution is 2.25. The van der Waals surface area contributed by atoms with Gasteiger partial charge in [0.1, 0.15) is 0 Å². The number of hydrazine groups is 1. The van der Waals surface area contributed by atoms with Gasteiger partial charge in [-0.1, -0.05) is 18.2 Å². The third-order valence-corrected chi connectivity index (χ3v) is 4.62. The van der Waals surface area contributed by atoms with Crippen LogP contribution in [0.25, 0.3) is 0 Å². The zero-order chi connectivity index (χ0) is 22.1. The van der Waals surface area contributed by atoms with Gasteiger partial charge in [-0.25, -0.2) is 0 Å². The van der Waals surface area contributed by atoms with E-state index in [1.807, 2.05) is 0 Å². The van der Waals surface area contributed by atoms with E-state index in [0.29, 0.717) is 5.01 Å². The summed E-state index contributed by atoms with van der Waals surface area (Å²) in [5.41, 5.74) is 2.30. The first-order chi connectivity index (χ1) is 14.9. The number of imide groups is 1. The van der Waals surface area contributed by atoms with E-state index in [9.17, 15) is 29.3 Å². The number of fused-ring (bicyclic) bond motifs is 1. The number of benzene rings is 2. The molecule has 0 spiro atoms. The van der Waals surface area contributed by atoms with Gasteiger partial charge < -0.3 is 0 Å². The molecule has 1 N–H and O–H groups in total. The third kappa shape index (κ3) is 3.53. The lowest BCUT2D eigenvalue weighted by Gasteiger charge is -2.14. The zero-order valence-electron chi connectivity index (χ0n) is 15.6. The molecule has 10 heteroatoms. The number of ketones is 1. The zero-order valence-corrected chi connectivity index (χ0v) is 15.6. The molecule has 3 amide bonds. The number of nitrogens with one attached hydrogen (secondary N) is 1. The van der Waals surface area contributed by atoms with Gasteiger partial charge in [0.2, 0.25) is 0 Å². The van der Waals surface area contributed by atoms with E-state index in [4.69, 9.17) is 0 Å². The standard InChI is InChI=1S/C21H12N4O6/c26-18(13-2-1-3-15(10-13)25(30)31)14-4-5-16-17(11-14)21(29)24(20(16)28)23-19(27)12-6-8-22-9-7-12/h1-11H,(H,23,27). The Balaban J connectivity index is 1.61. The minimum absolute atomic E-state index is 0.0237. The quantitative estimate of drug-likeness (QED) is 0.291. The molecule has 0 aliphatic carbocycles. The minimum Gasteiger partial charge on any atom is -0.289 e. The number of carbonyl (C=O) groups is 4. The summed E-state index contributed by atoms with van der Waals surface area (Å²) in [6.07, 6.45) is 2.78. The van der Waals surface area contributed by atoms with Crippen LogP contribution in [0.15, 0.2) is 67.0 Å². The largest absolute Gasteiger partial charge is 0.289 e. The molecule has 31 heavy (non-hydrogen) atoms. The Morgan fingerprint density at radius 1 is 0.871 bits per heavy atom. The van der Waals surface area contributed by atoms with Crippen LogP contribution in [-0.2, 0) is 0 Å². The normalized spacial score (nSPS) is 12.5.